The summed E-state index contributed by atoms with van der Waals surface area (Å²) in [5, 5.41) is 31.4. The van der Waals surface area contributed by atoms with Gasteiger partial charge in [-0.2, -0.15) is 8.42 Å². The molecule has 0 bridgehead atoms. The van der Waals surface area contributed by atoms with Crippen molar-refractivity contribution >= 4 is 50.0 Å². The molecule has 30 heavy (non-hydrogen) atoms. The molecule has 3 rings (SSSR count). The average molecular weight is 453 g/mol. The van der Waals surface area contributed by atoms with E-state index in [1.54, 1.807) is 18.2 Å². The molecule has 0 atom stereocenters. The summed E-state index contributed by atoms with van der Waals surface area (Å²) in [5.74, 6) is -0.148. The van der Waals surface area contributed by atoms with E-state index in [4.69, 9.17) is 15.7 Å². The van der Waals surface area contributed by atoms with E-state index in [0.717, 1.165) is 6.07 Å². The Balaban J connectivity index is 2.17. The molecular weight excluding hydrogens is 438 g/mol. The number of nitrogens with zero attached hydrogens (tertiary/aromatic N) is 2. The second kappa shape index (κ2) is 8.83. The number of fused-ring (bicyclic) bond motifs is 1. The number of azo groups is 1. The minimum atomic E-state index is -4.64. The predicted octanol–water partition coefficient (Wildman–Crippen LogP) is 4.23. The summed E-state index contributed by atoms with van der Waals surface area (Å²) in [7, 11) is -3.31. The van der Waals surface area contributed by atoms with Crippen LogP contribution >= 0.6 is 12.0 Å². The van der Waals surface area contributed by atoms with E-state index < -0.39 is 15.0 Å². The van der Waals surface area contributed by atoms with Gasteiger partial charge in [0.25, 0.3) is 10.1 Å². The Morgan fingerprint density at radius 1 is 1.10 bits per heavy atom. The highest BCUT2D eigenvalue weighted by Crippen LogP contribution is 2.44. The summed E-state index contributed by atoms with van der Waals surface area (Å²) >= 11 is 0.526. The molecule has 0 aliphatic heterocycles. The van der Waals surface area contributed by atoms with Crippen LogP contribution in [-0.4, -0.2) is 30.4 Å². The number of nitrogen functional groups attached to an aromatic ring is 1. The zero-order valence-corrected chi connectivity index (χ0v) is 16.8. The second-order valence-electron chi connectivity index (χ2n) is 5.79. The lowest BCUT2D eigenvalue weighted by molar-refractivity contribution is -0.432. The van der Waals surface area contributed by atoms with Crippen molar-refractivity contribution < 1.29 is 37.4 Å². The number of ether oxygens (including phenoxy) is 1. The number of nitrogens with two attached hydrogens (primary N) is 1. The average Bonchev–Trinajstić information content (AvgIpc) is 2.71. The van der Waals surface area contributed by atoms with Gasteiger partial charge in [0.2, 0.25) is 0 Å². The van der Waals surface area contributed by atoms with Gasteiger partial charge in [-0.15, -0.1) is 14.6 Å². The normalized spacial score (nSPS) is 12.0. The minimum Gasteiger partial charge on any atom is -0.505 e. The summed E-state index contributed by atoms with van der Waals surface area (Å²) in [6.45, 7) is 0. The molecule has 0 aromatic heterocycles. The van der Waals surface area contributed by atoms with Crippen LogP contribution in [0.4, 0.5) is 17.1 Å². The van der Waals surface area contributed by atoms with E-state index in [9.17, 15) is 18.1 Å². The Labute approximate surface area is 174 Å². The topological polar surface area (TPSA) is 173 Å². The van der Waals surface area contributed by atoms with Gasteiger partial charge in [0.15, 0.2) is 5.75 Å². The van der Waals surface area contributed by atoms with Gasteiger partial charge < -0.3 is 15.6 Å². The number of aromatic hydroxyl groups is 1. The van der Waals surface area contributed by atoms with Crippen LogP contribution in [0, 0.1) is 0 Å². The van der Waals surface area contributed by atoms with Crippen LogP contribution < -0.4 is 10.5 Å². The van der Waals surface area contributed by atoms with E-state index in [2.05, 4.69) is 19.6 Å². The molecule has 5 N–H and O–H groups in total. The molecule has 0 aliphatic rings. The largest absolute Gasteiger partial charge is 0.505 e. The lowest BCUT2D eigenvalue weighted by atomic mass is 10.1. The number of phenols is 1. The quantitative estimate of drug-likeness (QED) is 0.101. The van der Waals surface area contributed by atoms with Gasteiger partial charge in [-0.3, -0.25) is 4.55 Å². The first-order valence-electron chi connectivity index (χ1n) is 8.02. The van der Waals surface area contributed by atoms with Crippen molar-refractivity contribution in [3.63, 3.8) is 0 Å². The molecule has 0 saturated carbocycles. The lowest BCUT2D eigenvalue weighted by Gasteiger charge is -2.10. The molecule has 158 valence electrons. The van der Waals surface area contributed by atoms with Crippen LogP contribution in [0.5, 0.6) is 11.5 Å². The standard InChI is InChI=1S/C17H15N3O8S2/c1-26-11-4-5-13(15(8-11)30(23,24)25)19-20-16-14(29-28-27-22)6-9-2-3-10(18)7-12(9)17(16)21/h2-8,21-22H,18H2,1H3,(H,23,24,25). The van der Waals surface area contributed by atoms with Crippen LogP contribution in [0.25, 0.3) is 10.8 Å². The summed E-state index contributed by atoms with van der Waals surface area (Å²) in [5.41, 5.74) is 5.83. The summed E-state index contributed by atoms with van der Waals surface area (Å²) < 4.78 is 42.2. The van der Waals surface area contributed by atoms with Crippen molar-refractivity contribution in [1.82, 2.24) is 0 Å². The highest BCUT2D eigenvalue weighted by molar-refractivity contribution is 7.94. The van der Waals surface area contributed by atoms with Crippen molar-refractivity contribution in [1.29, 1.82) is 0 Å². The molecule has 13 heteroatoms. The molecule has 0 amide bonds. The molecule has 0 saturated heterocycles. The lowest BCUT2D eigenvalue weighted by Crippen LogP contribution is -1.99. The summed E-state index contributed by atoms with van der Waals surface area (Å²) in [6.07, 6.45) is 0. The molecule has 0 spiro atoms. The van der Waals surface area contributed by atoms with Crippen molar-refractivity contribution in [2.24, 2.45) is 10.2 Å². The summed E-state index contributed by atoms with van der Waals surface area (Å²) in [4.78, 5) is -0.358. The number of anilines is 1. The van der Waals surface area contributed by atoms with Crippen molar-refractivity contribution in [3.8, 4) is 11.5 Å². The fourth-order valence-corrected chi connectivity index (χ4v) is 3.72. The number of methoxy groups -OCH3 is 1. The number of rotatable bonds is 7. The number of benzene rings is 3. The number of phenolic OH excluding ortho intramolecular Hbond substituents is 1. The molecule has 0 heterocycles. The van der Waals surface area contributed by atoms with E-state index in [1.807, 2.05) is 0 Å². The maximum atomic E-state index is 11.7. The van der Waals surface area contributed by atoms with E-state index >= 15 is 0 Å². The van der Waals surface area contributed by atoms with Crippen molar-refractivity contribution in [2.75, 3.05) is 12.8 Å². The fraction of sp³-hybridized carbons (Fsp3) is 0.0588. The van der Waals surface area contributed by atoms with Gasteiger partial charge in [-0.25, -0.2) is 5.26 Å². The smallest absolute Gasteiger partial charge is 0.296 e. The first-order chi connectivity index (χ1) is 14.2. The van der Waals surface area contributed by atoms with Gasteiger partial charge in [0.1, 0.15) is 22.0 Å². The van der Waals surface area contributed by atoms with Crippen LogP contribution in [0.1, 0.15) is 0 Å². The Bertz CT molecular complexity index is 1230. The van der Waals surface area contributed by atoms with E-state index in [0.29, 0.717) is 28.5 Å². The van der Waals surface area contributed by atoms with Crippen molar-refractivity contribution in [3.05, 3.63) is 42.5 Å². The third-order valence-corrected chi connectivity index (χ3v) is 5.44. The highest BCUT2D eigenvalue weighted by Gasteiger charge is 2.19. The van der Waals surface area contributed by atoms with Gasteiger partial charge in [0.05, 0.1) is 24.0 Å². The third kappa shape index (κ3) is 4.62. The predicted molar refractivity (Wildman–Crippen MR) is 108 cm³/mol. The molecular formula is C17H15N3O8S2. The van der Waals surface area contributed by atoms with Crippen LogP contribution in [0.3, 0.4) is 0 Å². The van der Waals surface area contributed by atoms with Gasteiger partial charge >= 0.3 is 0 Å². The van der Waals surface area contributed by atoms with Crippen LogP contribution in [0.15, 0.2) is 62.5 Å². The molecule has 0 aliphatic carbocycles. The first kappa shape index (κ1) is 21.8. The minimum absolute atomic E-state index is 0.118. The SMILES string of the molecule is COc1ccc(N=Nc2c(SOOO)cc3ccc(N)cc3c2O)c(S(=O)(=O)O)c1. The van der Waals surface area contributed by atoms with Crippen molar-refractivity contribution in [2.45, 2.75) is 9.79 Å². The fourth-order valence-electron chi connectivity index (χ4n) is 2.59. The van der Waals surface area contributed by atoms with E-state index in [-0.39, 0.29) is 27.8 Å². The Morgan fingerprint density at radius 2 is 1.87 bits per heavy atom. The monoisotopic (exact) mass is 453 g/mol. The zero-order chi connectivity index (χ0) is 21.9. The molecule has 11 nitrogen and oxygen atoms in total. The Kier molecular flexibility index (Phi) is 6.40. The highest BCUT2D eigenvalue weighted by atomic mass is 32.2. The van der Waals surface area contributed by atoms with Gasteiger partial charge in [-0.05, 0) is 35.7 Å². The number of hydrogen-bond acceptors (Lipinski definition) is 11. The van der Waals surface area contributed by atoms with Gasteiger partial charge in [0, 0.05) is 17.1 Å². The number of hydrogen-bond donors (Lipinski definition) is 4. The summed E-state index contributed by atoms with van der Waals surface area (Å²) in [6, 6.07) is 10.1. The molecule has 0 unspecified atom stereocenters. The second-order valence-corrected chi connectivity index (χ2v) is 7.92. The molecule has 0 fully saturated rings. The van der Waals surface area contributed by atoms with Crippen LogP contribution in [-0.2, 0) is 19.5 Å². The Hall–Kier alpha value is -2.94. The first-order valence-corrected chi connectivity index (χ1v) is 10.2. The molecule has 3 aromatic carbocycles. The van der Waals surface area contributed by atoms with E-state index in [1.165, 1.54) is 25.3 Å². The molecule has 0 radical (unpaired) electrons. The van der Waals surface area contributed by atoms with Crippen LogP contribution in [0.2, 0.25) is 0 Å². The molecule has 3 aromatic rings. The maximum absolute atomic E-state index is 11.7. The Morgan fingerprint density at radius 3 is 2.53 bits per heavy atom. The third-order valence-electron chi connectivity index (χ3n) is 3.93. The maximum Gasteiger partial charge on any atom is 0.296 e. The van der Waals surface area contributed by atoms with Gasteiger partial charge in [-0.1, -0.05) is 11.1 Å². The zero-order valence-electron chi connectivity index (χ0n) is 15.2.